The van der Waals surface area contributed by atoms with Crippen molar-refractivity contribution in [2.45, 2.75) is 50.5 Å². The molecule has 3 nitrogen and oxygen atoms in total. The molecule has 1 aromatic rings. The predicted molar refractivity (Wildman–Crippen MR) is 89.1 cm³/mol. The highest BCUT2D eigenvalue weighted by atomic mass is 16.5. The van der Waals surface area contributed by atoms with E-state index in [1.54, 1.807) is 0 Å². The van der Waals surface area contributed by atoms with E-state index in [9.17, 15) is 5.11 Å². The van der Waals surface area contributed by atoms with Gasteiger partial charge in [-0.2, -0.15) is 0 Å². The van der Waals surface area contributed by atoms with Gasteiger partial charge in [-0.25, -0.2) is 0 Å². The van der Waals surface area contributed by atoms with E-state index in [0.717, 1.165) is 44.8 Å². The van der Waals surface area contributed by atoms with Gasteiger partial charge in [0.2, 0.25) is 0 Å². The maximum atomic E-state index is 10.7. The number of benzene rings is 1. The fourth-order valence-corrected chi connectivity index (χ4v) is 3.95. The molecule has 1 atom stereocenters. The van der Waals surface area contributed by atoms with Crippen molar-refractivity contribution in [2.24, 2.45) is 5.92 Å². The van der Waals surface area contributed by atoms with E-state index < -0.39 is 5.60 Å². The van der Waals surface area contributed by atoms with Crippen LogP contribution >= 0.6 is 0 Å². The van der Waals surface area contributed by atoms with Crippen molar-refractivity contribution in [1.82, 2.24) is 4.90 Å². The second-order valence-electron chi connectivity index (χ2n) is 7.15. The van der Waals surface area contributed by atoms with Crippen LogP contribution in [0.2, 0.25) is 0 Å². The minimum Gasteiger partial charge on any atom is -0.493 e. The first-order valence-electron chi connectivity index (χ1n) is 8.86. The fraction of sp³-hybridized carbons (Fsp3) is 0.684. The van der Waals surface area contributed by atoms with Crippen LogP contribution in [0.4, 0.5) is 0 Å². The molecular weight excluding hydrogens is 274 g/mol. The van der Waals surface area contributed by atoms with E-state index in [2.05, 4.69) is 4.90 Å². The van der Waals surface area contributed by atoms with Gasteiger partial charge in [0.1, 0.15) is 5.75 Å². The third-order valence-corrected chi connectivity index (χ3v) is 5.13. The Bertz CT molecular complexity index is 442. The summed E-state index contributed by atoms with van der Waals surface area (Å²) in [5, 5.41) is 10.7. The molecule has 0 amide bonds. The summed E-state index contributed by atoms with van der Waals surface area (Å²) in [6.45, 7) is 3.84. The highest BCUT2D eigenvalue weighted by Crippen LogP contribution is 2.30. The third kappa shape index (κ3) is 4.47. The summed E-state index contributed by atoms with van der Waals surface area (Å²) < 4.78 is 5.92. The average Bonchev–Trinajstić information content (AvgIpc) is 2.54. The molecule has 1 N–H and O–H groups in total. The number of hydrogen-bond acceptors (Lipinski definition) is 3. The largest absolute Gasteiger partial charge is 0.493 e. The van der Waals surface area contributed by atoms with Crippen LogP contribution in [0.1, 0.15) is 44.9 Å². The molecule has 1 aromatic carbocycles. The second kappa shape index (κ2) is 7.47. The first-order valence-corrected chi connectivity index (χ1v) is 8.86. The smallest absolute Gasteiger partial charge is 0.119 e. The standard InChI is InChI=1S/C19H29NO2/c21-19(11-5-2-6-12-19)16-20-13-7-8-17(14-20)15-22-18-9-3-1-4-10-18/h1,3-4,9-10,17,21H,2,5-8,11-16H2. The summed E-state index contributed by atoms with van der Waals surface area (Å²) in [4.78, 5) is 2.47. The number of nitrogens with zero attached hydrogens (tertiary/aromatic N) is 1. The number of aliphatic hydroxyl groups is 1. The Balaban J connectivity index is 1.46. The summed E-state index contributed by atoms with van der Waals surface area (Å²) >= 11 is 0. The van der Waals surface area contributed by atoms with Crippen LogP contribution in [0.15, 0.2) is 30.3 Å². The van der Waals surface area contributed by atoms with Crippen molar-refractivity contribution in [2.75, 3.05) is 26.2 Å². The van der Waals surface area contributed by atoms with E-state index in [1.807, 2.05) is 30.3 Å². The lowest BCUT2D eigenvalue weighted by Gasteiger charge is -2.40. The predicted octanol–water partition coefficient (Wildman–Crippen LogP) is 3.47. The van der Waals surface area contributed by atoms with Gasteiger partial charge in [-0.3, -0.25) is 0 Å². The second-order valence-corrected chi connectivity index (χ2v) is 7.15. The molecule has 0 aromatic heterocycles. The maximum Gasteiger partial charge on any atom is 0.119 e. The van der Waals surface area contributed by atoms with Crippen LogP contribution in [0.25, 0.3) is 0 Å². The minimum absolute atomic E-state index is 0.430. The van der Waals surface area contributed by atoms with E-state index in [-0.39, 0.29) is 0 Å². The topological polar surface area (TPSA) is 32.7 Å². The number of para-hydroxylation sites is 1. The molecule has 1 aliphatic carbocycles. The summed E-state index contributed by atoms with van der Waals surface area (Å²) in [5.41, 5.74) is -0.430. The number of rotatable bonds is 5. The van der Waals surface area contributed by atoms with Gasteiger partial charge in [0, 0.05) is 19.0 Å². The Morgan fingerprint density at radius 3 is 2.64 bits per heavy atom. The molecule has 1 heterocycles. The Labute approximate surface area is 134 Å². The zero-order valence-electron chi connectivity index (χ0n) is 13.5. The normalized spacial score (nSPS) is 25.8. The van der Waals surface area contributed by atoms with Crippen LogP contribution in [-0.4, -0.2) is 41.8 Å². The van der Waals surface area contributed by atoms with Crippen molar-refractivity contribution in [3.63, 3.8) is 0 Å². The van der Waals surface area contributed by atoms with Crippen molar-refractivity contribution in [1.29, 1.82) is 0 Å². The Morgan fingerprint density at radius 2 is 1.86 bits per heavy atom. The Hall–Kier alpha value is -1.06. The molecule has 1 unspecified atom stereocenters. The van der Waals surface area contributed by atoms with Crippen molar-refractivity contribution in [3.05, 3.63) is 30.3 Å². The SMILES string of the molecule is OC1(CN2CCCC(COc3ccccc3)C2)CCCCC1. The molecule has 2 aliphatic rings. The summed E-state index contributed by atoms with van der Waals surface area (Å²) in [6.07, 6.45) is 8.08. The molecule has 3 heteroatoms. The van der Waals surface area contributed by atoms with E-state index in [1.165, 1.54) is 32.1 Å². The molecule has 2 fully saturated rings. The van der Waals surface area contributed by atoms with E-state index >= 15 is 0 Å². The van der Waals surface area contributed by atoms with Gasteiger partial charge in [-0.15, -0.1) is 0 Å². The number of ether oxygens (including phenoxy) is 1. The summed E-state index contributed by atoms with van der Waals surface area (Å²) in [6, 6.07) is 10.1. The van der Waals surface area contributed by atoms with E-state index in [4.69, 9.17) is 4.74 Å². The van der Waals surface area contributed by atoms with Crippen LogP contribution in [0, 0.1) is 5.92 Å². The lowest BCUT2D eigenvalue weighted by Crippen LogP contribution is -2.48. The summed E-state index contributed by atoms with van der Waals surface area (Å²) in [7, 11) is 0. The van der Waals surface area contributed by atoms with Crippen molar-refractivity contribution in [3.8, 4) is 5.75 Å². The molecule has 0 radical (unpaired) electrons. The third-order valence-electron chi connectivity index (χ3n) is 5.13. The van der Waals surface area contributed by atoms with Crippen LogP contribution in [0.5, 0.6) is 5.75 Å². The highest BCUT2D eigenvalue weighted by Gasteiger charge is 2.33. The zero-order chi connectivity index (χ0) is 15.3. The van der Waals surface area contributed by atoms with Crippen molar-refractivity contribution < 1.29 is 9.84 Å². The molecular formula is C19H29NO2. The molecule has 1 saturated heterocycles. The molecule has 0 bridgehead atoms. The monoisotopic (exact) mass is 303 g/mol. The maximum absolute atomic E-state index is 10.7. The lowest BCUT2D eigenvalue weighted by molar-refractivity contribution is -0.0363. The lowest BCUT2D eigenvalue weighted by atomic mass is 9.84. The van der Waals surface area contributed by atoms with Crippen LogP contribution in [-0.2, 0) is 0 Å². The first-order chi connectivity index (χ1) is 10.7. The van der Waals surface area contributed by atoms with Gasteiger partial charge in [-0.1, -0.05) is 37.5 Å². The average molecular weight is 303 g/mol. The molecule has 3 rings (SSSR count). The van der Waals surface area contributed by atoms with Gasteiger partial charge in [-0.05, 0) is 44.4 Å². The van der Waals surface area contributed by atoms with Gasteiger partial charge >= 0.3 is 0 Å². The molecule has 1 saturated carbocycles. The molecule has 1 aliphatic heterocycles. The van der Waals surface area contributed by atoms with Gasteiger partial charge < -0.3 is 14.7 Å². The van der Waals surface area contributed by atoms with Gasteiger partial charge in [0.05, 0.1) is 12.2 Å². The molecule has 0 spiro atoms. The fourth-order valence-electron chi connectivity index (χ4n) is 3.95. The highest BCUT2D eigenvalue weighted by molar-refractivity contribution is 5.20. The molecule has 122 valence electrons. The van der Waals surface area contributed by atoms with Crippen LogP contribution in [0.3, 0.4) is 0 Å². The number of β-amino-alcohol motifs (C(OH)–C–C–N with tert-alkyl or cyclic N) is 1. The first kappa shape index (κ1) is 15.8. The molecule has 22 heavy (non-hydrogen) atoms. The van der Waals surface area contributed by atoms with Crippen molar-refractivity contribution >= 4 is 0 Å². The zero-order valence-corrected chi connectivity index (χ0v) is 13.5. The Morgan fingerprint density at radius 1 is 1.09 bits per heavy atom. The minimum atomic E-state index is -0.430. The number of piperidine rings is 1. The quantitative estimate of drug-likeness (QED) is 0.904. The number of hydrogen-bond donors (Lipinski definition) is 1. The van der Waals surface area contributed by atoms with Gasteiger partial charge in [0.15, 0.2) is 0 Å². The van der Waals surface area contributed by atoms with Crippen LogP contribution < -0.4 is 4.74 Å². The Kier molecular flexibility index (Phi) is 5.37. The summed E-state index contributed by atoms with van der Waals surface area (Å²) in [5.74, 6) is 1.55. The van der Waals surface area contributed by atoms with E-state index in [0.29, 0.717) is 5.92 Å². The van der Waals surface area contributed by atoms with Gasteiger partial charge in [0.25, 0.3) is 0 Å². The number of likely N-dealkylation sites (tertiary alicyclic amines) is 1.